The molecule has 3 rings (SSSR count). The number of hydrogen-bond donors (Lipinski definition) is 2. The van der Waals surface area contributed by atoms with Crippen LogP contribution in [0.3, 0.4) is 0 Å². The number of nitrogens with two attached hydrogens (primary N) is 1. The van der Waals surface area contributed by atoms with E-state index in [1.807, 2.05) is 24.3 Å². The SMILES string of the molecule is Cn1c(C(=O)O)c(Oc2ccc(Cl)cc2N)c2ccccc21. The number of anilines is 1. The van der Waals surface area contributed by atoms with Crippen molar-refractivity contribution in [3.8, 4) is 11.5 Å². The molecule has 0 unspecified atom stereocenters. The van der Waals surface area contributed by atoms with Gasteiger partial charge in [0.25, 0.3) is 0 Å². The Morgan fingerprint density at radius 3 is 2.68 bits per heavy atom. The van der Waals surface area contributed by atoms with Crippen molar-refractivity contribution in [1.82, 2.24) is 4.57 Å². The maximum Gasteiger partial charge on any atom is 0.356 e. The number of aromatic carboxylic acids is 1. The molecular weight excluding hydrogens is 304 g/mol. The fourth-order valence-corrected chi connectivity index (χ4v) is 2.61. The molecule has 0 atom stereocenters. The molecule has 0 radical (unpaired) electrons. The highest BCUT2D eigenvalue weighted by Gasteiger charge is 2.22. The Balaban J connectivity index is 2.21. The number of benzene rings is 2. The van der Waals surface area contributed by atoms with Gasteiger partial charge in [-0.1, -0.05) is 23.7 Å². The van der Waals surface area contributed by atoms with Gasteiger partial charge in [-0.2, -0.15) is 0 Å². The molecule has 0 aliphatic heterocycles. The number of fused-ring (bicyclic) bond motifs is 1. The Hall–Kier alpha value is -2.66. The van der Waals surface area contributed by atoms with Crippen LogP contribution in [0.1, 0.15) is 10.5 Å². The summed E-state index contributed by atoms with van der Waals surface area (Å²) in [5, 5.41) is 10.7. The van der Waals surface area contributed by atoms with Crippen LogP contribution in [-0.2, 0) is 7.05 Å². The topological polar surface area (TPSA) is 77.5 Å². The van der Waals surface area contributed by atoms with Crippen LogP contribution in [0, 0.1) is 0 Å². The van der Waals surface area contributed by atoms with Crippen molar-refractivity contribution >= 4 is 34.2 Å². The maximum atomic E-state index is 11.6. The summed E-state index contributed by atoms with van der Waals surface area (Å²) in [5.41, 5.74) is 7.06. The summed E-state index contributed by atoms with van der Waals surface area (Å²) in [4.78, 5) is 11.6. The quantitative estimate of drug-likeness (QED) is 0.718. The van der Waals surface area contributed by atoms with E-state index >= 15 is 0 Å². The van der Waals surface area contributed by atoms with Crippen LogP contribution >= 0.6 is 11.6 Å². The van der Waals surface area contributed by atoms with Crippen molar-refractivity contribution in [2.45, 2.75) is 0 Å². The summed E-state index contributed by atoms with van der Waals surface area (Å²) in [6, 6.07) is 12.1. The van der Waals surface area contributed by atoms with Crippen LogP contribution in [-0.4, -0.2) is 15.6 Å². The number of nitrogens with zero attached hydrogens (tertiary/aromatic N) is 1. The second-order valence-electron chi connectivity index (χ2n) is 4.84. The molecule has 0 saturated carbocycles. The van der Waals surface area contributed by atoms with Crippen LogP contribution in [0.15, 0.2) is 42.5 Å². The first-order chi connectivity index (χ1) is 10.5. The zero-order valence-corrected chi connectivity index (χ0v) is 12.5. The normalized spacial score (nSPS) is 10.8. The van der Waals surface area contributed by atoms with E-state index in [-0.39, 0.29) is 11.4 Å². The van der Waals surface area contributed by atoms with Gasteiger partial charge in [-0.05, 0) is 30.3 Å². The first-order valence-corrected chi connectivity index (χ1v) is 6.90. The predicted molar refractivity (Wildman–Crippen MR) is 85.8 cm³/mol. The molecule has 1 heterocycles. The van der Waals surface area contributed by atoms with Crippen molar-refractivity contribution in [2.75, 3.05) is 5.73 Å². The summed E-state index contributed by atoms with van der Waals surface area (Å²) < 4.78 is 7.39. The summed E-state index contributed by atoms with van der Waals surface area (Å²) in [6.45, 7) is 0. The fourth-order valence-electron chi connectivity index (χ4n) is 2.42. The lowest BCUT2D eigenvalue weighted by atomic mass is 10.2. The number of halogens is 1. The van der Waals surface area contributed by atoms with Gasteiger partial charge in [0.05, 0.1) is 11.2 Å². The fraction of sp³-hybridized carbons (Fsp3) is 0.0625. The van der Waals surface area contributed by atoms with Gasteiger partial charge in [-0.15, -0.1) is 0 Å². The number of carboxylic acids is 1. The number of carbonyl (C=O) groups is 1. The Kier molecular flexibility index (Phi) is 3.42. The number of nitrogen functional groups attached to an aromatic ring is 1. The molecule has 5 nitrogen and oxygen atoms in total. The van der Waals surface area contributed by atoms with Crippen molar-refractivity contribution in [1.29, 1.82) is 0 Å². The highest BCUT2D eigenvalue weighted by atomic mass is 35.5. The minimum Gasteiger partial charge on any atom is -0.476 e. The predicted octanol–water partition coefficient (Wildman–Crippen LogP) is 3.90. The van der Waals surface area contributed by atoms with Crippen molar-refractivity contribution in [3.63, 3.8) is 0 Å². The number of aromatic nitrogens is 1. The molecule has 0 bridgehead atoms. The van der Waals surface area contributed by atoms with Crippen molar-refractivity contribution in [3.05, 3.63) is 53.2 Å². The molecule has 3 aromatic rings. The average molecular weight is 317 g/mol. The molecule has 112 valence electrons. The van der Waals surface area contributed by atoms with Gasteiger partial charge in [0.15, 0.2) is 17.2 Å². The number of carboxylic acid groups (broad SMARTS) is 1. The van der Waals surface area contributed by atoms with E-state index in [2.05, 4.69) is 0 Å². The smallest absolute Gasteiger partial charge is 0.356 e. The minimum absolute atomic E-state index is 0.0653. The molecule has 0 saturated heterocycles. The van der Waals surface area contributed by atoms with Crippen LogP contribution < -0.4 is 10.5 Å². The zero-order chi connectivity index (χ0) is 15.9. The van der Waals surface area contributed by atoms with E-state index < -0.39 is 5.97 Å². The summed E-state index contributed by atoms with van der Waals surface area (Å²) >= 11 is 5.87. The zero-order valence-electron chi connectivity index (χ0n) is 11.7. The molecular formula is C16H13ClN2O3. The molecule has 6 heteroatoms. The van der Waals surface area contributed by atoms with Gasteiger partial charge in [0.1, 0.15) is 0 Å². The number of ether oxygens (including phenoxy) is 1. The second kappa shape index (κ2) is 5.27. The standard InChI is InChI=1S/C16H13ClN2O3/c1-19-12-5-3-2-4-10(12)15(14(19)16(20)21)22-13-7-6-9(17)8-11(13)18/h2-8H,18H2,1H3,(H,20,21). The Bertz CT molecular complexity index is 886. The maximum absolute atomic E-state index is 11.6. The Labute approximate surface area is 131 Å². The van der Waals surface area contributed by atoms with Crippen molar-refractivity contribution in [2.24, 2.45) is 7.05 Å². The third kappa shape index (κ3) is 2.25. The van der Waals surface area contributed by atoms with E-state index in [1.54, 1.807) is 29.8 Å². The van der Waals surface area contributed by atoms with Gasteiger partial charge in [0.2, 0.25) is 0 Å². The van der Waals surface area contributed by atoms with Gasteiger partial charge in [-0.3, -0.25) is 0 Å². The molecule has 0 aliphatic carbocycles. The van der Waals surface area contributed by atoms with Gasteiger partial charge in [-0.25, -0.2) is 4.79 Å². The molecule has 0 aliphatic rings. The lowest BCUT2D eigenvalue weighted by molar-refractivity contribution is 0.0684. The third-order valence-electron chi connectivity index (χ3n) is 3.45. The molecule has 3 N–H and O–H groups in total. The van der Waals surface area contributed by atoms with Gasteiger partial charge < -0.3 is 20.1 Å². The average Bonchev–Trinajstić information content (AvgIpc) is 2.75. The monoisotopic (exact) mass is 316 g/mol. The number of hydrogen-bond acceptors (Lipinski definition) is 3. The minimum atomic E-state index is -1.07. The number of aryl methyl sites for hydroxylation is 1. The lowest BCUT2D eigenvalue weighted by Gasteiger charge is -2.09. The lowest BCUT2D eigenvalue weighted by Crippen LogP contribution is -2.06. The summed E-state index contributed by atoms with van der Waals surface area (Å²) in [7, 11) is 1.68. The van der Waals surface area contributed by atoms with Crippen LogP contribution in [0.25, 0.3) is 10.9 Å². The molecule has 0 spiro atoms. The molecule has 1 aromatic heterocycles. The molecule has 22 heavy (non-hydrogen) atoms. The van der Waals surface area contributed by atoms with E-state index in [0.29, 0.717) is 21.8 Å². The van der Waals surface area contributed by atoms with Crippen molar-refractivity contribution < 1.29 is 14.6 Å². The largest absolute Gasteiger partial charge is 0.476 e. The highest BCUT2D eigenvalue weighted by Crippen LogP contribution is 2.38. The molecule has 2 aromatic carbocycles. The summed E-state index contributed by atoms with van der Waals surface area (Å²) in [6.07, 6.45) is 0. The Morgan fingerprint density at radius 1 is 1.27 bits per heavy atom. The molecule has 0 fully saturated rings. The van der Waals surface area contributed by atoms with E-state index in [4.69, 9.17) is 22.1 Å². The molecule has 0 amide bonds. The number of rotatable bonds is 3. The first-order valence-electron chi connectivity index (χ1n) is 6.52. The van der Waals surface area contributed by atoms with E-state index in [9.17, 15) is 9.90 Å². The Morgan fingerprint density at radius 2 is 2.00 bits per heavy atom. The summed E-state index contributed by atoms with van der Waals surface area (Å²) in [5.74, 6) is -0.441. The second-order valence-corrected chi connectivity index (χ2v) is 5.28. The van der Waals surface area contributed by atoms with Gasteiger partial charge >= 0.3 is 5.97 Å². The highest BCUT2D eigenvalue weighted by molar-refractivity contribution is 6.30. The van der Waals surface area contributed by atoms with E-state index in [1.165, 1.54) is 0 Å². The number of para-hydroxylation sites is 1. The van der Waals surface area contributed by atoms with Crippen LogP contribution in [0.5, 0.6) is 11.5 Å². The first kappa shape index (κ1) is 14.3. The van der Waals surface area contributed by atoms with E-state index in [0.717, 1.165) is 5.52 Å². The van der Waals surface area contributed by atoms with Crippen LogP contribution in [0.2, 0.25) is 5.02 Å². The van der Waals surface area contributed by atoms with Gasteiger partial charge in [0, 0.05) is 17.5 Å². The third-order valence-corrected chi connectivity index (χ3v) is 3.68. The van der Waals surface area contributed by atoms with Crippen LogP contribution in [0.4, 0.5) is 5.69 Å².